The van der Waals surface area contributed by atoms with Crippen LogP contribution in [0, 0.1) is 0 Å². The molecule has 0 saturated carbocycles. The highest BCUT2D eigenvalue weighted by atomic mass is 35.5. The van der Waals surface area contributed by atoms with Crippen molar-refractivity contribution in [3.05, 3.63) is 28.8 Å². The van der Waals surface area contributed by atoms with Crippen LogP contribution in [0.4, 0.5) is 5.69 Å². The Morgan fingerprint density at radius 2 is 2.10 bits per heavy atom. The van der Waals surface area contributed by atoms with E-state index >= 15 is 0 Å². The van der Waals surface area contributed by atoms with Gasteiger partial charge in [0, 0.05) is 25.8 Å². The zero-order chi connectivity index (χ0) is 14.8. The fraction of sp³-hybridized carbons (Fsp3) is 0.500. The third-order valence-corrected chi connectivity index (χ3v) is 3.04. The first kappa shape index (κ1) is 16.8. The van der Waals surface area contributed by atoms with Crippen molar-refractivity contribution in [2.24, 2.45) is 0 Å². The normalized spacial score (nSPS) is 10.5. The maximum absolute atomic E-state index is 11.8. The lowest BCUT2D eigenvalue weighted by atomic mass is 10.2. The van der Waals surface area contributed by atoms with Crippen LogP contribution in [0.25, 0.3) is 0 Å². The predicted octanol–water partition coefficient (Wildman–Crippen LogP) is 2.10. The topological polar surface area (TPSA) is 73.6 Å². The first-order valence-corrected chi connectivity index (χ1v) is 6.93. The van der Waals surface area contributed by atoms with Gasteiger partial charge in [0.1, 0.15) is 0 Å². The summed E-state index contributed by atoms with van der Waals surface area (Å²) >= 11 is 5.80. The summed E-state index contributed by atoms with van der Waals surface area (Å²) in [6, 6.07) is 4.85. The van der Waals surface area contributed by atoms with E-state index in [4.69, 9.17) is 26.8 Å². The summed E-state index contributed by atoms with van der Waals surface area (Å²) in [4.78, 5) is 11.8. The lowest BCUT2D eigenvalue weighted by Crippen LogP contribution is -2.24. The molecule has 20 heavy (non-hydrogen) atoms. The number of rotatable bonds is 9. The summed E-state index contributed by atoms with van der Waals surface area (Å²) in [6.07, 6.45) is 1.76. The zero-order valence-corrected chi connectivity index (χ0v) is 12.4. The Hall–Kier alpha value is -1.30. The van der Waals surface area contributed by atoms with E-state index in [2.05, 4.69) is 5.32 Å². The minimum absolute atomic E-state index is 0.145. The Morgan fingerprint density at radius 3 is 2.80 bits per heavy atom. The second-order valence-electron chi connectivity index (χ2n) is 4.30. The molecule has 3 N–H and O–H groups in total. The van der Waals surface area contributed by atoms with Crippen molar-refractivity contribution in [2.45, 2.75) is 12.8 Å². The quantitative estimate of drug-likeness (QED) is 0.541. The smallest absolute Gasteiger partial charge is 0.251 e. The third kappa shape index (κ3) is 6.23. The van der Waals surface area contributed by atoms with Gasteiger partial charge in [-0.25, -0.2) is 0 Å². The van der Waals surface area contributed by atoms with Crippen LogP contribution in [0.3, 0.4) is 0 Å². The molecule has 0 radical (unpaired) electrons. The van der Waals surface area contributed by atoms with Crippen molar-refractivity contribution < 1.29 is 14.3 Å². The van der Waals surface area contributed by atoms with Crippen LogP contribution in [0.15, 0.2) is 18.2 Å². The molecule has 0 heterocycles. The number of ether oxygens (including phenoxy) is 2. The summed E-state index contributed by atoms with van der Waals surface area (Å²) in [6.45, 7) is 2.49. The highest BCUT2D eigenvalue weighted by molar-refractivity contribution is 6.33. The number of nitrogens with two attached hydrogens (primary N) is 1. The third-order valence-electron chi connectivity index (χ3n) is 2.69. The average molecular weight is 301 g/mol. The molecule has 0 unspecified atom stereocenters. The van der Waals surface area contributed by atoms with Gasteiger partial charge in [-0.05, 0) is 31.0 Å². The highest BCUT2D eigenvalue weighted by Crippen LogP contribution is 2.19. The van der Waals surface area contributed by atoms with Gasteiger partial charge in [0.15, 0.2) is 0 Å². The predicted molar refractivity (Wildman–Crippen MR) is 80.1 cm³/mol. The molecule has 0 spiro atoms. The van der Waals surface area contributed by atoms with E-state index in [1.54, 1.807) is 25.3 Å². The van der Waals surface area contributed by atoms with Gasteiger partial charge < -0.3 is 20.5 Å². The minimum atomic E-state index is -0.145. The largest absolute Gasteiger partial charge is 0.398 e. The van der Waals surface area contributed by atoms with Crippen molar-refractivity contribution in [3.8, 4) is 0 Å². The molecule has 0 saturated heterocycles. The van der Waals surface area contributed by atoms with Crippen LogP contribution in [-0.2, 0) is 9.47 Å². The van der Waals surface area contributed by atoms with Gasteiger partial charge in [0.05, 0.1) is 23.9 Å². The Kier molecular flexibility index (Phi) is 8.02. The fourth-order valence-corrected chi connectivity index (χ4v) is 1.68. The summed E-state index contributed by atoms with van der Waals surface area (Å²) in [5, 5.41) is 3.28. The van der Waals surface area contributed by atoms with Gasteiger partial charge in [0.25, 0.3) is 5.91 Å². The number of hydrogen-bond donors (Lipinski definition) is 2. The summed E-state index contributed by atoms with van der Waals surface area (Å²) in [7, 11) is 1.64. The van der Waals surface area contributed by atoms with Crippen molar-refractivity contribution in [3.63, 3.8) is 0 Å². The molecule has 1 aromatic rings. The Bertz CT molecular complexity index is 427. The summed E-state index contributed by atoms with van der Waals surface area (Å²) < 4.78 is 10.2. The number of carbonyl (C=O) groups excluding carboxylic acids is 1. The Labute approximate surface area is 124 Å². The van der Waals surface area contributed by atoms with E-state index in [9.17, 15) is 4.79 Å². The monoisotopic (exact) mass is 300 g/mol. The van der Waals surface area contributed by atoms with E-state index < -0.39 is 0 Å². The summed E-state index contributed by atoms with van der Waals surface area (Å²) in [5.41, 5.74) is 6.58. The van der Waals surface area contributed by atoms with Crippen LogP contribution in [-0.4, -0.2) is 39.4 Å². The number of methoxy groups -OCH3 is 1. The van der Waals surface area contributed by atoms with Crippen molar-refractivity contribution >= 4 is 23.2 Å². The molecule has 112 valence electrons. The number of nitrogens with one attached hydrogen (secondary N) is 1. The van der Waals surface area contributed by atoms with Crippen molar-refractivity contribution in [2.75, 3.05) is 39.2 Å². The number of anilines is 1. The average Bonchev–Trinajstić information content (AvgIpc) is 2.44. The lowest BCUT2D eigenvalue weighted by molar-refractivity contribution is 0.0686. The molecule has 6 heteroatoms. The lowest BCUT2D eigenvalue weighted by Gasteiger charge is -2.07. The van der Waals surface area contributed by atoms with Crippen LogP contribution < -0.4 is 11.1 Å². The number of hydrogen-bond acceptors (Lipinski definition) is 4. The van der Waals surface area contributed by atoms with E-state index in [-0.39, 0.29) is 5.91 Å². The molecule has 0 aromatic heterocycles. The molecule has 1 amide bonds. The number of carbonyl (C=O) groups is 1. The number of halogens is 1. The maximum atomic E-state index is 11.8. The Morgan fingerprint density at radius 1 is 1.30 bits per heavy atom. The second-order valence-corrected chi connectivity index (χ2v) is 4.71. The number of unbranched alkanes of at least 4 members (excludes halogenated alkanes) is 1. The van der Waals surface area contributed by atoms with E-state index in [1.165, 1.54) is 0 Å². The zero-order valence-electron chi connectivity index (χ0n) is 11.7. The molecule has 1 aromatic carbocycles. The molecule has 0 bridgehead atoms. The van der Waals surface area contributed by atoms with Crippen LogP contribution in [0.5, 0.6) is 0 Å². The van der Waals surface area contributed by atoms with Gasteiger partial charge in [-0.2, -0.15) is 0 Å². The highest BCUT2D eigenvalue weighted by Gasteiger charge is 2.06. The molecule has 0 aliphatic carbocycles. The van der Waals surface area contributed by atoms with Gasteiger partial charge in [-0.1, -0.05) is 11.6 Å². The van der Waals surface area contributed by atoms with Gasteiger partial charge in [-0.15, -0.1) is 0 Å². The first-order chi connectivity index (χ1) is 9.65. The van der Waals surface area contributed by atoms with Gasteiger partial charge >= 0.3 is 0 Å². The van der Waals surface area contributed by atoms with E-state index in [1.807, 2.05) is 0 Å². The second kappa shape index (κ2) is 9.58. The maximum Gasteiger partial charge on any atom is 0.251 e. The SMILES string of the molecule is COCCOCCCCNC(=O)c1ccc(Cl)c(N)c1. The van der Waals surface area contributed by atoms with Crippen LogP contribution in [0.1, 0.15) is 23.2 Å². The molecule has 0 aliphatic heterocycles. The molecular weight excluding hydrogens is 280 g/mol. The van der Waals surface area contributed by atoms with Gasteiger partial charge in [-0.3, -0.25) is 4.79 Å². The molecule has 0 atom stereocenters. The number of amides is 1. The number of benzene rings is 1. The molecular formula is C14H21ClN2O3. The molecule has 0 aliphatic rings. The molecule has 1 rings (SSSR count). The molecule has 0 fully saturated rings. The van der Waals surface area contributed by atoms with E-state index in [0.29, 0.717) is 42.6 Å². The van der Waals surface area contributed by atoms with Crippen molar-refractivity contribution in [1.82, 2.24) is 5.32 Å². The Balaban J connectivity index is 2.15. The standard InChI is InChI=1S/C14H21ClN2O3/c1-19-8-9-20-7-3-2-6-17-14(18)11-4-5-12(15)13(16)10-11/h4-5,10H,2-3,6-9,16H2,1H3,(H,17,18). The summed E-state index contributed by atoms with van der Waals surface area (Å²) in [5.74, 6) is -0.145. The minimum Gasteiger partial charge on any atom is -0.398 e. The van der Waals surface area contributed by atoms with Crippen LogP contribution in [0.2, 0.25) is 5.02 Å². The van der Waals surface area contributed by atoms with Crippen molar-refractivity contribution in [1.29, 1.82) is 0 Å². The number of nitrogen functional groups attached to an aromatic ring is 1. The fourth-order valence-electron chi connectivity index (χ4n) is 1.56. The van der Waals surface area contributed by atoms with E-state index in [0.717, 1.165) is 12.8 Å². The van der Waals surface area contributed by atoms with Crippen LogP contribution >= 0.6 is 11.6 Å². The van der Waals surface area contributed by atoms with Gasteiger partial charge in [0.2, 0.25) is 0 Å². The first-order valence-electron chi connectivity index (χ1n) is 6.55. The molecule has 5 nitrogen and oxygen atoms in total.